The summed E-state index contributed by atoms with van der Waals surface area (Å²) < 4.78 is 16.1. The maximum atomic E-state index is 14.2. The molecular weight excluding hydrogens is 289 g/mol. The molecule has 0 amide bonds. The molecule has 1 N–H and O–H groups in total. The number of aromatic nitrogens is 2. The molecule has 114 valence electrons. The van der Waals surface area contributed by atoms with Gasteiger partial charge >= 0.3 is 0 Å². The van der Waals surface area contributed by atoms with E-state index in [4.69, 9.17) is 11.6 Å². The van der Waals surface area contributed by atoms with E-state index in [9.17, 15) is 4.39 Å². The second kappa shape index (κ2) is 7.05. The molecule has 2 rings (SSSR count). The highest BCUT2D eigenvalue weighted by Gasteiger charge is 2.24. The molecule has 5 heteroatoms. The number of hydrogen-bond acceptors (Lipinski definition) is 2. The Morgan fingerprint density at radius 2 is 2.05 bits per heavy atom. The molecule has 0 spiro atoms. The highest BCUT2D eigenvalue weighted by Crippen LogP contribution is 2.31. The molecule has 2 aromatic rings. The van der Waals surface area contributed by atoms with E-state index in [1.54, 1.807) is 18.3 Å². The van der Waals surface area contributed by atoms with Crippen molar-refractivity contribution in [1.82, 2.24) is 15.1 Å². The fourth-order valence-corrected chi connectivity index (χ4v) is 2.62. The van der Waals surface area contributed by atoms with Crippen molar-refractivity contribution in [3.63, 3.8) is 0 Å². The third-order valence-corrected chi connectivity index (χ3v) is 3.66. The molecule has 3 nitrogen and oxygen atoms in total. The first kappa shape index (κ1) is 16.0. The summed E-state index contributed by atoms with van der Waals surface area (Å²) in [4.78, 5) is 0. The lowest BCUT2D eigenvalue weighted by Gasteiger charge is -2.23. The lowest BCUT2D eigenvalue weighted by molar-refractivity contribution is 0.462. The number of rotatable bonds is 6. The summed E-state index contributed by atoms with van der Waals surface area (Å²) in [5.74, 6) is -0.237. The summed E-state index contributed by atoms with van der Waals surface area (Å²) in [5.41, 5.74) is 1.40. The second-order valence-corrected chi connectivity index (χ2v) is 5.73. The van der Waals surface area contributed by atoms with Gasteiger partial charge in [0, 0.05) is 11.6 Å². The van der Waals surface area contributed by atoms with Gasteiger partial charge in [-0.1, -0.05) is 36.7 Å². The van der Waals surface area contributed by atoms with Crippen LogP contribution in [-0.2, 0) is 0 Å². The van der Waals surface area contributed by atoms with Crippen molar-refractivity contribution >= 4 is 11.6 Å². The molecule has 0 radical (unpaired) electrons. The van der Waals surface area contributed by atoms with Crippen LogP contribution in [-0.4, -0.2) is 16.3 Å². The molecule has 0 aliphatic heterocycles. The number of nitrogens with one attached hydrogen (secondary N) is 1. The zero-order valence-electron chi connectivity index (χ0n) is 12.6. The quantitative estimate of drug-likeness (QED) is 0.860. The summed E-state index contributed by atoms with van der Waals surface area (Å²) in [7, 11) is 0. The van der Waals surface area contributed by atoms with Gasteiger partial charge in [0.15, 0.2) is 0 Å². The maximum absolute atomic E-state index is 14.2. The van der Waals surface area contributed by atoms with Gasteiger partial charge in [-0.2, -0.15) is 5.10 Å². The molecule has 1 aromatic carbocycles. The van der Waals surface area contributed by atoms with Gasteiger partial charge in [-0.15, -0.1) is 0 Å². The van der Waals surface area contributed by atoms with Crippen molar-refractivity contribution in [2.45, 2.75) is 39.3 Å². The van der Waals surface area contributed by atoms with E-state index in [1.165, 1.54) is 6.07 Å². The Morgan fingerprint density at radius 1 is 1.33 bits per heavy atom. The van der Waals surface area contributed by atoms with E-state index in [1.807, 2.05) is 24.6 Å². The molecule has 0 aliphatic rings. The van der Waals surface area contributed by atoms with E-state index in [-0.39, 0.29) is 17.9 Å². The minimum absolute atomic E-state index is 0.158. The van der Waals surface area contributed by atoms with Crippen molar-refractivity contribution in [3.05, 3.63) is 52.6 Å². The van der Waals surface area contributed by atoms with E-state index < -0.39 is 0 Å². The SMILES string of the molecule is CCCNC(c1ccccc1F)c1c(Cl)cnn1C(C)C. The molecule has 1 unspecified atom stereocenters. The predicted octanol–water partition coefficient (Wildman–Crippen LogP) is 4.35. The smallest absolute Gasteiger partial charge is 0.128 e. The Bertz CT molecular complexity index is 595. The Balaban J connectivity index is 2.51. The molecule has 0 aliphatic carbocycles. The highest BCUT2D eigenvalue weighted by atomic mass is 35.5. The molecule has 0 saturated carbocycles. The molecule has 0 saturated heterocycles. The molecule has 0 fully saturated rings. The molecule has 1 atom stereocenters. The van der Waals surface area contributed by atoms with Crippen LogP contribution in [0.15, 0.2) is 30.5 Å². The van der Waals surface area contributed by atoms with Crippen LogP contribution in [0.5, 0.6) is 0 Å². The highest BCUT2D eigenvalue weighted by molar-refractivity contribution is 6.31. The van der Waals surface area contributed by atoms with Crippen LogP contribution in [0.3, 0.4) is 0 Å². The van der Waals surface area contributed by atoms with Gasteiger partial charge in [0.25, 0.3) is 0 Å². The molecule has 0 bridgehead atoms. The number of benzene rings is 1. The lowest BCUT2D eigenvalue weighted by atomic mass is 10.0. The van der Waals surface area contributed by atoms with E-state index >= 15 is 0 Å². The Morgan fingerprint density at radius 3 is 2.67 bits per heavy atom. The van der Waals surface area contributed by atoms with Gasteiger partial charge in [0.05, 0.1) is 23.0 Å². The van der Waals surface area contributed by atoms with Crippen LogP contribution >= 0.6 is 11.6 Å². The van der Waals surface area contributed by atoms with Crippen LogP contribution in [0, 0.1) is 5.82 Å². The summed E-state index contributed by atoms with van der Waals surface area (Å²) in [5, 5.41) is 8.26. The number of hydrogen-bond donors (Lipinski definition) is 1. The summed E-state index contributed by atoms with van der Waals surface area (Å²) in [6.45, 7) is 6.92. The van der Waals surface area contributed by atoms with Gasteiger partial charge in [-0.05, 0) is 32.9 Å². The first-order valence-corrected chi connectivity index (χ1v) is 7.64. The first-order chi connectivity index (χ1) is 10.1. The fourth-order valence-electron chi connectivity index (χ4n) is 2.38. The van der Waals surface area contributed by atoms with Crippen molar-refractivity contribution < 1.29 is 4.39 Å². The van der Waals surface area contributed by atoms with Crippen LogP contribution in [0.25, 0.3) is 0 Å². The second-order valence-electron chi connectivity index (χ2n) is 5.32. The van der Waals surface area contributed by atoms with Gasteiger partial charge < -0.3 is 5.32 Å². The topological polar surface area (TPSA) is 29.9 Å². The standard InChI is InChI=1S/C16H21ClFN3/c1-4-9-19-15(12-7-5-6-8-14(12)18)16-13(17)10-20-21(16)11(2)3/h5-8,10-11,15,19H,4,9H2,1-3H3. The average Bonchev–Trinajstić information content (AvgIpc) is 2.83. The molecule has 1 aromatic heterocycles. The monoisotopic (exact) mass is 309 g/mol. The van der Waals surface area contributed by atoms with Crippen LogP contribution in [0.4, 0.5) is 4.39 Å². The van der Waals surface area contributed by atoms with E-state index in [0.717, 1.165) is 18.7 Å². The Kier molecular flexibility index (Phi) is 5.37. The number of halogens is 2. The summed E-state index contributed by atoms with van der Waals surface area (Å²) in [6.07, 6.45) is 2.58. The third-order valence-electron chi connectivity index (χ3n) is 3.36. The van der Waals surface area contributed by atoms with Crippen LogP contribution in [0.2, 0.25) is 5.02 Å². The molecular formula is C16H21ClFN3. The number of nitrogens with zero attached hydrogens (tertiary/aromatic N) is 2. The van der Waals surface area contributed by atoms with Crippen molar-refractivity contribution in [2.75, 3.05) is 6.54 Å². The largest absolute Gasteiger partial charge is 0.305 e. The lowest BCUT2D eigenvalue weighted by Crippen LogP contribution is -2.27. The van der Waals surface area contributed by atoms with Gasteiger partial charge in [-0.3, -0.25) is 4.68 Å². The Labute approximate surface area is 130 Å². The maximum Gasteiger partial charge on any atom is 0.128 e. The predicted molar refractivity (Wildman–Crippen MR) is 84.2 cm³/mol. The van der Waals surface area contributed by atoms with E-state index in [0.29, 0.717) is 10.6 Å². The minimum Gasteiger partial charge on any atom is -0.305 e. The zero-order chi connectivity index (χ0) is 15.4. The zero-order valence-corrected chi connectivity index (χ0v) is 13.4. The average molecular weight is 310 g/mol. The van der Waals surface area contributed by atoms with Gasteiger partial charge in [0.1, 0.15) is 5.82 Å². The molecule has 21 heavy (non-hydrogen) atoms. The first-order valence-electron chi connectivity index (χ1n) is 7.27. The van der Waals surface area contributed by atoms with Crippen molar-refractivity contribution in [2.24, 2.45) is 0 Å². The van der Waals surface area contributed by atoms with Crippen molar-refractivity contribution in [1.29, 1.82) is 0 Å². The molecule has 1 heterocycles. The Hall–Kier alpha value is -1.39. The third kappa shape index (κ3) is 3.44. The minimum atomic E-state index is -0.302. The van der Waals surface area contributed by atoms with Crippen molar-refractivity contribution in [3.8, 4) is 0 Å². The summed E-state index contributed by atoms with van der Waals surface area (Å²) in [6, 6.07) is 6.64. The van der Waals surface area contributed by atoms with E-state index in [2.05, 4.69) is 17.3 Å². The van der Waals surface area contributed by atoms with Crippen LogP contribution < -0.4 is 5.32 Å². The normalized spacial score (nSPS) is 12.9. The van der Waals surface area contributed by atoms with Gasteiger partial charge in [0.2, 0.25) is 0 Å². The summed E-state index contributed by atoms with van der Waals surface area (Å²) >= 11 is 6.32. The van der Waals surface area contributed by atoms with Crippen LogP contribution in [0.1, 0.15) is 50.5 Å². The fraction of sp³-hybridized carbons (Fsp3) is 0.438. The van der Waals surface area contributed by atoms with Gasteiger partial charge in [-0.25, -0.2) is 4.39 Å².